The smallest absolute Gasteiger partial charge is 0.237 e. The molecule has 1 aromatic carbocycles. The van der Waals surface area contributed by atoms with Crippen LogP contribution in [0.3, 0.4) is 0 Å². The van der Waals surface area contributed by atoms with E-state index in [2.05, 4.69) is 5.32 Å². The van der Waals surface area contributed by atoms with Crippen molar-refractivity contribution in [1.82, 2.24) is 5.32 Å². The van der Waals surface area contributed by atoms with Gasteiger partial charge in [-0.15, -0.1) is 0 Å². The minimum absolute atomic E-state index is 0.192. The molecule has 0 saturated carbocycles. The molecule has 20 heavy (non-hydrogen) atoms. The van der Waals surface area contributed by atoms with E-state index in [1.54, 1.807) is 18.2 Å². The third-order valence-corrected chi connectivity index (χ3v) is 3.03. The van der Waals surface area contributed by atoms with Crippen molar-refractivity contribution in [1.29, 1.82) is 0 Å². The van der Waals surface area contributed by atoms with Crippen LogP contribution >= 0.6 is 0 Å². The van der Waals surface area contributed by atoms with Crippen LogP contribution in [0.15, 0.2) is 24.3 Å². The molecule has 0 radical (unpaired) electrons. The van der Waals surface area contributed by atoms with Crippen molar-refractivity contribution in [3.63, 3.8) is 0 Å². The molecule has 3 N–H and O–H groups in total. The van der Waals surface area contributed by atoms with E-state index in [9.17, 15) is 9.18 Å². The highest BCUT2D eigenvalue weighted by Crippen LogP contribution is 2.17. The molecule has 0 aromatic heterocycles. The van der Waals surface area contributed by atoms with Crippen LogP contribution in [0, 0.1) is 5.82 Å². The molecule has 1 amide bonds. The lowest BCUT2D eigenvalue weighted by molar-refractivity contribution is -0.122. The van der Waals surface area contributed by atoms with E-state index in [0.29, 0.717) is 19.4 Å². The highest BCUT2D eigenvalue weighted by molar-refractivity contribution is 5.81. The highest BCUT2D eigenvalue weighted by Gasteiger charge is 2.16. The molecule has 0 fully saturated rings. The number of hydrogen-bond acceptors (Lipinski definition) is 3. The van der Waals surface area contributed by atoms with Gasteiger partial charge in [0.15, 0.2) is 11.6 Å². The molecule has 1 rings (SSSR count). The Hall–Kier alpha value is -1.62. The number of nitrogens with one attached hydrogen (secondary N) is 1. The average molecular weight is 282 g/mol. The van der Waals surface area contributed by atoms with Gasteiger partial charge in [-0.3, -0.25) is 4.79 Å². The molecule has 0 spiro atoms. The van der Waals surface area contributed by atoms with Crippen LogP contribution in [0.2, 0.25) is 0 Å². The van der Waals surface area contributed by atoms with Gasteiger partial charge >= 0.3 is 0 Å². The number of amides is 1. The summed E-state index contributed by atoms with van der Waals surface area (Å²) in [5.74, 6) is -0.395. The summed E-state index contributed by atoms with van der Waals surface area (Å²) < 4.78 is 19.0. The quantitative estimate of drug-likeness (QED) is 0.768. The summed E-state index contributed by atoms with van der Waals surface area (Å²) in [5.41, 5.74) is 5.72. The zero-order chi connectivity index (χ0) is 15.0. The summed E-state index contributed by atoms with van der Waals surface area (Å²) in [6.45, 7) is 4.22. The van der Waals surface area contributed by atoms with Crippen molar-refractivity contribution in [3.8, 4) is 5.75 Å². The van der Waals surface area contributed by atoms with E-state index in [1.807, 2.05) is 13.8 Å². The molecule has 0 heterocycles. The highest BCUT2D eigenvalue weighted by atomic mass is 19.1. The Bertz CT molecular complexity index is 426. The predicted molar refractivity (Wildman–Crippen MR) is 77.0 cm³/mol. The first-order chi connectivity index (χ1) is 9.58. The van der Waals surface area contributed by atoms with E-state index in [0.717, 1.165) is 6.42 Å². The van der Waals surface area contributed by atoms with E-state index >= 15 is 0 Å². The number of ether oxygens (including phenoxy) is 1. The first kappa shape index (κ1) is 16.4. The zero-order valence-electron chi connectivity index (χ0n) is 12.1. The van der Waals surface area contributed by atoms with Gasteiger partial charge in [-0.2, -0.15) is 0 Å². The second-order valence-electron chi connectivity index (χ2n) is 4.72. The lowest BCUT2D eigenvalue weighted by Gasteiger charge is -2.19. The maximum absolute atomic E-state index is 13.5. The Morgan fingerprint density at radius 2 is 2.10 bits per heavy atom. The van der Waals surface area contributed by atoms with Crippen LogP contribution in [-0.4, -0.2) is 24.6 Å². The lowest BCUT2D eigenvalue weighted by atomic mass is 10.1. The number of para-hydroxylation sites is 1. The van der Waals surface area contributed by atoms with E-state index in [4.69, 9.17) is 10.5 Å². The molecule has 0 aliphatic rings. The molecule has 2 atom stereocenters. The molecule has 0 aliphatic carbocycles. The fourth-order valence-electron chi connectivity index (χ4n) is 1.78. The Morgan fingerprint density at radius 3 is 2.70 bits per heavy atom. The van der Waals surface area contributed by atoms with Gasteiger partial charge in [0.1, 0.15) is 6.10 Å². The van der Waals surface area contributed by atoms with Gasteiger partial charge in [0.05, 0.1) is 12.6 Å². The average Bonchev–Trinajstić information content (AvgIpc) is 2.45. The third-order valence-electron chi connectivity index (χ3n) is 3.03. The number of carbonyl (C=O) groups is 1. The van der Waals surface area contributed by atoms with Crippen LogP contribution in [0.5, 0.6) is 5.75 Å². The SMILES string of the molecule is CCCC(N)C(=O)NCC(CC)Oc1ccccc1F. The van der Waals surface area contributed by atoms with Crippen molar-refractivity contribution < 1.29 is 13.9 Å². The minimum Gasteiger partial charge on any atom is -0.486 e. The van der Waals surface area contributed by atoms with Gasteiger partial charge < -0.3 is 15.8 Å². The maximum atomic E-state index is 13.5. The molecule has 4 nitrogen and oxygen atoms in total. The minimum atomic E-state index is -0.494. The molecule has 0 aliphatic heterocycles. The number of halogens is 1. The van der Waals surface area contributed by atoms with Gasteiger partial charge in [-0.25, -0.2) is 4.39 Å². The number of hydrogen-bond donors (Lipinski definition) is 2. The topological polar surface area (TPSA) is 64.4 Å². The van der Waals surface area contributed by atoms with Gasteiger partial charge in [0.2, 0.25) is 5.91 Å². The van der Waals surface area contributed by atoms with Crippen molar-refractivity contribution in [2.24, 2.45) is 5.73 Å². The fraction of sp³-hybridized carbons (Fsp3) is 0.533. The van der Waals surface area contributed by atoms with E-state index in [-0.39, 0.29) is 17.8 Å². The van der Waals surface area contributed by atoms with Crippen LogP contribution in [0.25, 0.3) is 0 Å². The molecule has 0 bridgehead atoms. The monoisotopic (exact) mass is 282 g/mol. The third kappa shape index (κ3) is 5.17. The molecule has 112 valence electrons. The summed E-state index contributed by atoms with van der Waals surface area (Å²) >= 11 is 0. The standard InChI is InChI=1S/C15H23FN2O2/c1-3-7-13(17)15(19)18-10-11(4-2)20-14-9-6-5-8-12(14)16/h5-6,8-9,11,13H,3-4,7,10,17H2,1-2H3,(H,18,19). The fourth-order valence-corrected chi connectivity index (χ4v) is 1.78. The first-order valence-electron chi connectivity index (χ1n) is 7.02. The van der Waals surface area contributed by atoms with Crippen molar-refractivity contribution in [2.45, 2.75) is 45.3 Å². The summed E-state index contributed by atoms with van der Waals surface area (Å²) in [6, 6.07) is 5.74. The van der Waals surface area contributed by atoms with Gasteiger partial charge in [0.25, 0.3) is 0 Å². The Labute approximate surface area is 119 Å². The van der Waals surface area contributed by atoms with Crippen LogP contribution < -0.4 is 15.8 Å². The van der Waals surface area contributed by atoms with Crippen molar-refractivity contribution in [2.75, 3.05) is 6.54 Å². The predicted octanol–water partition coefficient (Wildman–Crippen LogP) is 2.23. The van der Waals surface area contributed by atoms with Crippen LogP contribution in [0.4, 0.5) is 4.39 Å². The molecule has 2 unspecified atom stereocenters. The Morgan fingerprint density at radius 1 is 1.40 bits per heavy atom. The second kappa shape index (κ2) is 8.53. The molecule has 1 aromatic rings. The largest absolute Gasteiger partial charge is 0.486 e. The van der Waals surface area contributed by atoms with Crippen molar-refractivity contribution in [3.05, 3.63) is 30.1 Å². The summed E-state index contributed by atoms with van der Waals surface area (Å²) in [5, 5.41) is 2.75. The first-order valence-corrected chi connectivity index (χ1v) is 7.02. The number of rotatable bonds is 8. The summed E-state index contributed by atoms with van der Waals surface area (Å²) in [7, 11) is 0. The lowest BCUT2D eigenvalue weighted by Crippen LogP contribution is -2.44. The van der Waals surface area contributed by atoms with Gasteiger partial charge in [-0.1, -0.05) is 32.4 Å². The van der Waals surface area contributed by atoms with Crippen LogP contribution in [0.1, 0.15) is 33.1 Å². The number of benzene rings is 1. The number of carbonyl (C=O) groups excluding carboxylic acids is 1. The number of nitrogens with two attached hydrogens (primary N) is 1. The molecule has 5 heteroatoms. The second-order valence-corrected chi connectivity index (χ2v) is 4.72. The zero-order valence-corrected chi connectivity index (χ0v) is 12.1. The van der Waals surface area contributed by atoms with E-state index in [1.165, 1.54) is 6.07 Å². The van der Waals surface area contributed by atoms with Gasteiger partial charge in [0, 0.05) is 0 Å². The Balaban J connectivity index is 2.48. The maximum Gasteiger partial charge on any atom is 0.237 e. The molecular formula is C15H23FN2O2. The van der Waals surface area contributed by atoms with Crippen molar-refractivity contribution >= 4 is 5.91 Å². The molecule has 0 saturated heterocycles. The summed E-state index contributed by atoms with van der Waals surface area (Å²) in [4.78, 5) is 11.7. The Kier molecular flexibility index (Phi) is 7.01. The molecular weight excluding hydrogens is 259 g/mol. The van der Waals surface area contributed by atoms with Gasteiger partial charge in [-0.05, 0) is 25.0 Å². The normalized spacial score (nSPS) is 13.6. The van der Waals surface area contributed by atoms with E-state index < -0.39 is 11.9 Å². The van der Waals surface area contributed by atoms with Crippen LogP contribution in [-0.2, 0) is 4.79 Å². The summed E-state index contributed by atoms with van der Waals surface area (Å²) in [6.07, 6.45) is 1.90.